The maximum absolute atomic E-state index is 14.4. The summed E-state index contributed by atoms with van der Waals surface area (Å²) in [5.41, 5.74) is 6.93. The quantitative estimate of drug-likeness (QED) is 0.218. The zero-order chi connectivity index (χ0) is 29.4. The Kier molecular flexibility index (Phi) is 7.59. The number of fused-ring (bicyclic) bond motifs is 1. The number of nitrogens with zero attached hydrogens (tertiary/aromatic N) is 6. The summed E-state index contributed by atoms with van der Waals surface area (Å²) in [5.74, 6) is 0.214. The number of aryl methyl sites for hydroxylation is 3. The van der Waals surface area contributed by atoms with E-state index in [-0.39, 0.29) is 5.82 Å². The first-order chi connectivity index (χ1) is 20.3. The molecule has 1 atom stereocenters. The van der Waals surface area contributed by atoms with Crippen LogP contribution in [0.25, 0.3) is 22.4 Å². The number of imidazole rings is 1. The van der Waals surface area contributed by atoms with Crippen LogP contribution in [0.2, 0.25) is 0 Å². The van der Waals surface area contributed by atoms with Crippen LogP contribution >= 0.6 is 0 Å². The summed E-state index contributed by atoms with van der Waals surface area (Å²) in [6.07, 6.45) is 1.29. The van der Waals surface area contributed by atoms with E-state index in [9.17, 15) is 8.78 Å². The van der Waals surface area contributed by atoms with E-state index in [2.05, 4.69) is 15.4 Å². The molecule has 1 fully saturated rings. The highest BCUT2D eigenvalue weighted by atomic mass is 19.3. The number of pyridine rings is 2. The molecular formula is C31H33F2N7O2. The third-order valence-electron chi connectivity index (χ3n) is 7.62. The summed E-state index contributed by atoms with van der Waals surface area (Å²) in [7, 11) is 3.45. The van der Waals surface area contributed by atoms with E-state index in [0.29, 0.717) is 53.4 Å². The fraction of sp³-hybridized carbons (Fsp3) is 0.355. The Hall–Kier alpha value is -4.38. The van der Waals surface area contributed by atoms with Crippen molar-refractivity contribution in [3.63, 3.8) is 0 Å². The fourth-order valence-corrected chi connectivity index (χ4v) is 5.41. The van der Waals surface area contributed by atoms with Gasteiger partial charge in [-0.05, 0) is 69.0 Å². The van der Waals surface area contributed by atoms with E-state index in [0.717, 1.165) is 41.1 Å². The van der Waals surface area contributed by atoms with Crippen LogP contribution in [0, 0.1) is 13.8 Å². The minimum atomic E-state index is -2.80. The van der Waals surface area contributed by atoms with Crippen LogP contribution in [0.15, 0.2) is 48.7 Å². The zero-order valence-corrected chi connectivity index (χ0v) is 24.1. The van der Waals surface area contributed by atoms with Crippen molar-refractivity contribution in [2.45, 2.75) is 52.2 Å². The number of benzene rings is 1. The third kappa shape index (κ3) is 5.32. The van der Waals surface area contributed by atoms with E-state index in [1.54, 1.807) is 11.8 Å². The molecule has 1 aromatic carbocycles. The molecule has 1 N–H and O–H groups in total. The second kappa shape index (κ2) is 11.5. The summed E-state index contributed by atoms with van der Waals surface area (Å²) in [6.45, 7) is 4.48. The molecule has 218 valence electrons. The molecule has 5 heterocycles. The van der Waals surface area contributed by atoms with E-state index in [4.69, 9.17) is 19.4 Å². The van der Waals surface area contributed by atoms with Crippen LogP contribution in [-0.2, 0) is 18.2 Å². The number of hydrogen-bond acceptors (Lipinski definition) is 7. The van der Waals surface area contributed by atoms with Crippen LogP contribution in [0.5, 0.6) is 5.75 Å². The van der Waals surface area contributed by atoms with Crippen LogP contribution < -0.4 is 10.1 Å². The van der Waals surface area contributed by atoms with Crippen molar-refractivity contribution in [1.29, 1.82) is 0 Å². The predicted molar refractivity (Wildman–Crippen MR) is 156 cm³/mol. The lowest BCUT2D eigenvalue weighted by molar-refractivity contribution is -0.0363. The molecule has 11 heteroatoms. The molecule has 0 aliphatic carbocycles. The maximum atomic E-state index is 14.4. The van der Waals surface area contributed by atoms with Gasteiger partial charge >= 0.3 is 0 Å². The molecular weight excluding hydrogens is 540 g/mol. The second-order valence-corrected chi connectivity index (χ2v) is 10.6. The molecule has 6 rings (SSSR count). The molecule has 0 spiro atoms. The Balaban J connectivity index is 1.51. The molecule has 0 amide bonds. The molecule has 0 bridgehead atoms. The Morgan fingerprint density at radius 2 is 1.90 bits per heavy atom. The SMILES string of the molecule is COc1c(Nc2cc(Cc3ccc(C)c(C)n3)nc3c2nc(C(F)F)n3C2CCCCO2)cccc1-c1ccn(C)n1. The van der Waals surface area contributed by atoms with Gasteiger partial charge in [0.25, 0.3) is 6.43 Å². The summed E-state index contributed by atoms with van der Waals surface area (Å²) < 4.78 is 43.9. The van der Waals surface area contributed by atoms with Gasteiger partial charge in [-0.15, -0.1) is 0 Å². The lowest BCUT2D eigenvalue weighted by Crippen LogP contribution is -2.20. The Morgan fingerprint density at radius 3 is 2.60 bits per heavy atom. The van der Waals surface area contributed by atoms with Crippen LogP contribution in [0.4, 0.5) is 20.2 Å². The van der Waals surface area contributed by atoms with Gasteiger partial charge in [0.15, 0.2) is 17.2 Å². The van der Waals surface area contributed by atoms with E-state index >= 15 is 0 Å². The largest absolute Gasteiger partial charge is 0.494 e. The molecule has 1 aliphatic rings. The number of hydrogen-bond donors (Lipinski definition) is 1. The number of anilines is 2. The molecule has 1 aliphatic heterocycles. The second-order valence-electron chi connectivity index (χ2n) is 10.6. The van der Waals surface area contributed by atoms with Gasteiger partial charge in [-0.1, -0.05) is 12.1 Å². The summed E-state index contributed by atoms with van der Waals surface area (Å²) in [5, 5.41) is 7.96. The van der Waals surface area contributed by atoms with Gasteiger partial charge in [-0.25, -0.2) is 18.7 Å². The molecule has 4 aromatic heterocycles. The van der Waals surface area contributed by atoms with Crippen LogP contribution in [0.1, 0.15) is 60.4 Å². The average molecular weight is 574 g/mol. The monoisotopic (exact) mass is 573 g/mol. The zero-order valence-electron chi connectivity index (χ0n) is 24.1. The van der Waals surface area contributed by atoms with Crippen molar-refractivity contribution in [3.8, 4) is 17.0 Å². The van der Waals surface area contributed by atoms with Crippen molar-refractivity contribution in [1.82, 2.24) is 29.3 Å². The van der Waals surface area contributed by atoms with Gasteiger partial charge in [0.1, 0.15) is 11.7 Å². The third-order valence-corrected chi connectivity index (χ3v) is 7.62. The number of ether oxygens (including phenoxy) is 2. The smallest absolute Gasteiger partial charge is 0.295 e. The summed E-state index contributed by atoms with van der Waals surface area (Å²) in [6, 6.07) is 13.4. The standard InChI is InChI=1S/C31H33F2N7O2/c1-18-11-12-20(34-19(18)2)16-21-17-25(36-24-9-7-8-22(28(24)41-4)23-13-14-39(3)38-23)27-30(35-21)40(31(37-27)29(32)33)26-10-5-6-15-42-26/h7-9,11-14,17,26,29H,5-6,10,15-16H2,1-4H3,(H,35,36). The first-order valence-electron chi connectivity index (χ1n) is 14.0. The lowest BCUT2D eigenvalue weighted by Gasteiger charge is -2.25. The number of methoxy groups -OCH3 is 1. The predicted octanol–water partition coefficient (Wildman–Crippen LogP) is 6.82. The molecule has 1 saturated heterocycles. The number of halogens is 2. The molecule has 5 aromatic rings. The van der Waals surface area contributed by atoms with Gasteiger partial charge in [-0.2, -0.15) is 5.10 Å². The van der Waals surface area contributed by atoms with Crippen LogP contribution in [-0.4, -0.2) is 43.0 Å². The van der Waals surface area contributed by atoms with E-state index < -0.39 is 12.7 Å². The minimum Gasteiger partial charge on any atom is -0.494 e. The number of para-hydroxylation sites is 1. The Bertz CT molecular complexity index is 1740. The van der Waals surface area contributed by atoms with Gasteiger partial charge in [0.05, 0.1) is 29.9 Å². The number of alkyl halides is 2. The van der Waals surface area contributed by atoms with E-state index in [1.165, 1.54) is 4.57 Å². The molecule has 42 heavy (non-hydrogen) atoms. The average Bonchev–Trinajstić information content (AvgIpc) is 3.59. The maximum Gasteiger partial charge on any atom is 0.295 e. The van der Waals surface area contributed by atoms with Crippen molar-refractivity contribution in [3.05, 3.63) is 77.1 Å². The van der Waals surface area contributed by atoms with Gasteiger partial charge in [-0.3, -0.25) is 14.2 Å². The highest BCUT2D eigenvalue weighted by molar-refractivity contribution is 5.91. The first kappa shape index (κ1) is 27.8. The first-order valence-corrected chi connectivity index (χ1v) is 14.0. The fourth-order valence-electron chi connectivity index (χ4n) is 5.41. The summed E-state index contributed by atoms with van der Waals surface area (Å²) in [4.78, 5) is 14.0. The normalized spacial score (nSPS) is 15.5. The topological polar surface area (TPSA) is 91.9 Å². The highest BCUT2D eigenvalue weighted by Gasteiger charge is 2.29. The van der Waals surface area contributed by atoms with Crippen molar-refractivity contribution in [2.24, 2.45) is 7.05 Å². The Labute approximate surface area is 242 Å². The van der Waals surface area contributed by atoms with Crippen molar-refractivity contribution in [2.75, 3.05) is 19.0 Å². The molecule has 1 unspecified atom stereocenters. The molecule has 0 saturated carbocycles. The molecule has 9 nitrogen and oxygen atoms in total. The van der Waals surface area contributed by atoms with Gasteiger partial charge in [0.2, 0.25) is 0 Å². The highest BCUT2D eigenvalue weighted by Crippen LogP contribution is 2.40. The van der Waals surface area contributed by atoms with Crippen molar-refractivity contribution >= 4 is 22.5 Å². The molecule has 0 radical (unpaired) electrons. The number of nitrogens with one attached hydrogen (secondary N) is 1. The summed E-state index contributed by atoms with van der Waals surface area (Å²) >= 11 is 0. The van der Waals surface area contributed by atoms with E-state index in [1.807, 2.05) is 69.6 Å². The number of rotatable bonds is 8. The number of aromatic nitrogens is 6. The Morgan fingerprint density at radius 1 is 1.05 bits per heavy atom. The minimum absolute atomic E-state index is 0.335. The van der Waals surface area contributed by atoms with Crippen LogP contribution in [0.3, 0.4) is 0 Å². The van der Waals surface area contributed by atoms with Crippen molar-refractivity contribution < 1.29 is 18.3 Å². The van der Waals surface area contributed by atoms with Gasteiger partial charge in [0, 0.05) is 43.2 Å². The van der Waals surface area contributed by atoms with Gasteiger partial charge < -0.3 is 14.8 Å². The lowest BCUT2D eigenvalue weighted by atomic mass is 10.1.